The van der Waals surface area contributed by atoms with Gasteiger partial charge in [0.05, 0.1) is 24.1 Å². The molecule has 9 nitrogen and oxygen atoms in total. The number of hydrogen-bond acceptors (Lipinski definition) is 6. The van der Waals surface area contributed by atoms with E-state index >= 15 is 0 Å². The number of anilines is 1. The van der Waals surface area contributed by atoms with E-state index in [-0.39, 0.29) is 29.2 Å². The Morgan fingerprint density at radius 1 is 1.25 bits per heavy atom. The quantitative estimate of drug-likeness (QED) is 0.376. The number of fused-ring (bicyclic) bond motifs is 1. The van der Waals surface area contributed by atoms with Crippen molar-refractivity contribution in [3.8, 4) is 17.0 Å². The molecule has 2 heterocycles. The zero-order chi connectivity index (χ0) is 25.4. The fourth-order valence-corrected chi connectivity index (χ4v) is 4.64. The van der Waals surface area contributed by atoms with E-state index < -0.39 is 29.5 Å². The molecule has 11 heteroatoms. The Hall–Kier alpha value is -4.28. The highest BCUT2D eigenvalue weighted by atomic mass is 19.1. The molecule has 36 heavy (non-hydrogen) atoms. The summed E-state index contributed by atoms with van der Waals surface area (Å²) in [4.78, 5) is 25.2. The molecular formula is C25H24F2N6O3. The fraction of sp³-hybridized carbons (Fsp3) is 0.280. The van der Waals surface area contributed by atoms with Gasteiger partial charge in [-0.3, -0.25) is 14.3 Å². The highest BCUT2D eigenvalue weighted by Gasteiger charge is 2.32. The lowest BCUT2D eigenvalue weighted by molar-refractivity contribution is 0.0947. The van der Waals surface area contributed by atoms with Crippen LogP contribution < -0.4 is 21.3 Å². The second-order valence-corrected chi connectivity index (χ2v) is 8.69. The lowest BCUT2D eigenvalue weighted by Crippen LogP contribution is -2.23. The van der Waals surface area contributed by atoms with Gasteiger partial charge >= 0.3 is 0 Å². The Bertz CT molecular complexity index is 1500. The highest BCUT2D eigenvalue weighted by molar-refractivity contribution is 5.99. The molecule has 1 saturated carbocycles. The number of nitrogens with zero attached hydrogens (tertiary/aromatic N) is 3. The molecule has 4 aromatic rings. The summed E-state index contributed by atoms with van der Waals surface area (Å²) in [6, 6.07) is 10.3. The molecule has 2 aromatic heterocycles. The van der Waals surface area contributed by atoms with E-state index in [4.69, 9.17) is 10.5 Å². The number of alkyl halides is 1. The van der Waals surface area contributed by atoms with Crippen LogP contribution in [0.15, 0.2) is 47.3 Å². The number of carbonyl (C=O) groups is 1. The van der Waals surface area contributed by atoms with Crippen LogP contribution in [0.5, 0.6) is 5.75 Å². The first-order chi connectivity index (χ1) is 17.4. The van der Waals surface area contributed by atoms with Gasteiger partial charge in [-0.05, 0) is 43.0 Å². The molecule has 1 unspecified atom stereocenters. The van der Waals surface area contributed by atoms with Crippen LogP contribution in [-0.2, 0) is 6.54 Å². The topological polar surface area (TPSA) is 128 Å². The van der Waals surface area contributed by atoms with Gasteiger partial charge in [0.25, 0.3) is 11.5 Å². The molecule has 2 aromatic carbocycles. The van der Waals surface area contributed by atoms with Crippen molar-refractivity contribution < 1.29 is 18.3 Å². The first-order valence-corrected chi connectivity index (χ1v) is 11.5. The monoisotopic (exact) mass is 494 g/mol. The zero-order valence-corrected chi connectivity index (χ0v) is 19.4. The number of methoxy groups -OCH3 is 1. The minimum absolute atomic E-state index is 0.0948. The first kappa shape index (κ1) is 23.5. The fourth-order valence-electron chi connectivity index (χ4n) is 4.64. The van der Waals surface area contributed by atoms with Crippen molar-refractivity contribution in [1.29, 1.82) is 0 Å². The van der Waals surface area contributed by atoms with Crippen molar-refractivity contribution in [2.45, 2.75) is 38.0 Å². The summed E-state index contributed by atoms with van der Waals surface area (Å²) in [5.74, 6) is -0.651. The Balaban J connectivity index is 1.42. The van der Waals surface area contributed by atoms with E-state index in [0.717, 1.165) is 11.6 Å². The summed E-state index contributed by atoms with van der Waals surface area (Å²) >= 11 is 0. The Morgan fingerprint density at radius 3 is 2.72 bits per heavy atom. The summed E-state index contributed by atoms with van der Waals surface area (Å²) in [5.41, 5.74) is 7.78. The zero-order valence-electron chi connectivity index (χ0n) is 19.4. The number of ether oxygens (including phenoxy) is 1. The third-order valence-corrected chi connectivity index (χ3v) is 6.46. The van der Waals surface area contributed by atoms with E-state index in [1.165, 1.54) is 23.9 Å². The molecule has 0 bridgehead atoms. The number of aromatic nitrogens is 4. The third kappa shape index (κ3) is 4.16. The maximum atomic E-state index is 14.6. The van der Waals surface area contributed by atoms with Crippen molar-refractivity contribution in [2.75, 3.05) is 12.8 Å². The van der Waals surface area contributed by atoms with Gasteiger partial charge in [-0.1, -0.05) is 24.3 Å². The summed E-state index contributed by atoms with van der Waals surface area (Å²) in [6.07, 6.45) is 0.607. The van der Waals surface area contributed by atoms with Crippen LogP contribution in [0.4, 0.5) is 14.6 Å². The molecule has 186 valence electrons. The molecule has 0 spiro atoms. The molecule has 1 fully saturated rings. The van der Waals surface area contributed by atoms with Crippen molar-refractivity contribution in [3.63, 3.8) is 0 Å². The number of hydrogen-bond donors (Lipinski definition) is 3. The summed E-state index contributed by atoms with van der Waals surface area (Å²) in [5, 5.41) is 14.0. The maximum Gasteiger partial charge on any atom is 0.290 e. The highest BCUT2D eigenvalue weighted by Crippen LogP contribution is 2.37. The number of carbonyl (C=O) groups excluding carboxylic acids is 1. The number of nitrogens with one attached hydrogen (secondary N) is 2. The van der Waals surface area contributed by atoms with Crippen LogP contribution in [0, 0.1) is 5.82 Å². The van der Waals surface area contributed by atoms with Crippen molar-refractivity contribution >= 4 is 22.6 Å². The van der Waals surface area contributed by atoms with E-state index in [9.17, 15) is 18.4 Å². The normalized spacial score (nSPS) is 17.4. The Labute approximate surface area is 204 Å². The molecule has 1 aliphatic carbocycles. The number of halogens is 2. The predicted octanol–water partition coefficient (Wildman–Crippen LogP) is 3.51. The standard InChI is InChI=1S/C25H24F2N6O3/c1-36-19-10-9-15(26)11-16(19)24(34)29-12-13-5-7-14(8-6-13)21-20-22(25(35)31-30-23(20)28)33(32-21)18-4-2-3-17(18)27/h5-11,17-18H,2-4,12H2,1H3,(H2,28,30)(H,29,34)(H,31,35)/t17?,18-/m0/s1. The van der Waals surface area contributed by atoms with Crippen LogP contribution in [0.25, 0.3) is 22.2 Å². The van der Waals surface area contributed by atoms with Crippen LogP contribution in [0.3, 0.4) is 0 Å². The number of rotatable bonds is 6. The van der Waals surface area contributed by atoms with E-state index in [0.29, 0.717) is 35.9 Å². The maximum absolute atomic E-state index is 14.6. The SMILES string of the molecule is COc1ccc(F)cc1C(=O)NCc1ccc(-c2nn([C@H]3CCCC3F)c3c(=O)[nH]nc(N)c23)cc1. The van der Waals surface area contributed by atoms with Crippen LogP contribution in [0.1, 0.15) is 41.2 Å². The van der Waals surface area contributed by atoms with Gasteiger partial charge in [0.1, 0.15) is 28.9 Å². The van der Waals surface area contributed by atoms with Crippen LogP contribution >= 0.6 is 0 Å². The first-order valence-electron chi connectivity index (χ1n) is 11.5. The Kier molecular flexibility index (Phi) is 6.13. The molecule has 5 rings (SSSR count). The molecule has 1 aliphatic rings. The van der Waals surface area contributed by atoms with E-state index in [2.05, 4.69) is 20.6 Å². The minimum Gasteiger partial charge on any atom is -0.496 e. The molecule has 0 radical (unpaired) electrons. The lowest BCUT2D eigenvalue weighted by Gasteiger charge is -2.13. The molecule has 2 atom stereocenters. The van der Waals surface area contributed by atoms with Crippen LogP contribution in [0.2, 0.25) is 0 Å². The average molecular weight is 495 g/mol. The second-order valence-electron chi connectivity index (χ2n) is 8.69. The van der Waals surface area contributed by atoms with E-state index in [1.54, 1.807) is 24.3 Å². The van der Waals surface area contributed by atoms with Crippen molar-refractivity contribution in [3.05, 3.63) is 69.8 Å². The second kappa shape index (κ2) is 9.40. The number of aromatic amines is 1. The largest absolute Gasteiger partial charge is 0.496 e. The molecule has 0 aliphatic heterocycles. The number of nitrogen functional groups attached to an aromatic ring is 1. The number of benzene rings is 2. The van der Waals surface area contributed by atoms with Gasteiger partial charge in [0.2, 0.25) is 0 Å². The molecule has 0 saturated heterocycles. The number of amides is 1. The molecular weight excluding hydrogens is 470 g/mol. The van der Waals surface area contributed by atoms with Gasteiger partial charge in [0.15, 0.2) is 5.82 Å². The summed E-state index contributed by atoms with van der Waals surface area (Å²) in [6.45, 7) is 0.183. The van der Waals surface area contributed by atoms with Gasteiger partial charge < -0.3 is 15.8 Å². The predicted molar refractivity (Wildman–Crippen MR) is 130 cm³/mol. The Morgan fingerprint density at radius 2 is 2.03 bits per heavy atom. The van der Waals surface area contributed by atoms with Crippen LogP contribution in [-0.4, -0.2) is 39.2 Å². The number of nitrogens with two attached hydrogens (primary N) is 1. The van der Waals surface area contributed by atoms with Gasteiger partial charge in [-0.25, -0.2) is 13.9 Å². The van der Waals surface area contributed by atoms with Gasteiger partial charge in [0, 0.05) is 12.1 Å². The van der Waals surface area contributed by atoms with Gasteiger partial charge in [-0.15, -0.1) is 0 Å². The third-order valence-electron chi connectivity index (χ3n) is 6.46. The lowest BCUT2D eigenvalue weighted by atomic mass is 10.1. The minimum atomic E-state index is -1.10. The average Bonchev–Trinajstić information content (AvgIpc) is 3.49. The van der Waals surface area contributed by atoms with Gasteiger partial charge in [-0.2, -0.15) is 10.2 Å². The van der Waals surface area contributed by atoms with Crippen molar-refractivity contribution in [2.24, 2.45) is 0 Å². The summed E-state index contributed by atoms with van der Waals surface area (Å²) < 4.78 is 34.7. The van der Waals surface area contributed by atoms with Crippen molar-refractivity contribution in [1.82, 2.24) is 25.3 Å². The van der Waals surface area contributed by atoms with E-state index in [1.807, 2.05) is 0 Å². The smallest absolute Gasteiger partial charge is 0.290 e. The summed E-state index contributed by atoms with van der Waals surface area (Å²) in [7, 11) is 1.41. The molecule has 4 N–H and O–H groups in total. The number of H-pyrrole nitrogens is 1. The molecule has 1 amide bonds.